The molecule has 1 heterocycles. The van der Waals surface area contributed by atoms with Crippen molar-refractivity contribution in [3.05, 3.63) is 47.8 Å². The van der Waals surface area contributed by atoms with Gasteiger partial charge in [0.2, 0.25) is 0 Å². The molecular formula is C15H17N3O4. The SMILES string of the molecule is CCOC(=O)CC(=O)OCc1cn(Cc2ccccc2)nn1. The maximum atomic E-state index is 11.4. The van der Waals surface area contributed by atoms with Gasteiger partial charge in [0.05, 0.1) is 19.3 Å². The van der Waals surface area contributed by atoms with Crippen LogP contribution >= 0.6 is 0 Å². The number of rotatable bonds is 7. The molecule has 0 N–H and O–H groups in total. The molecule has 7 heteroatoms. The summed E-state index contributed by atoms with van der Waals surface area (Å²) in [6.07, 6.45) is 1.30. The normalized spacial score (nSPS) is 10.2. The monoisotopic (exact) mass is 303 g/mol. The smallest absolute Gasteiger partial charge is 0.317 e. The lowest BCUT2D eigenvalue weighted by Crippen LogP contribution is -2.13. The Bertz CT molecular complexity index is 625. The van der Waals surface area contributed by atoms with Crippen LogP contribution in [0.4, 0.5) is 0 Å². The van der Waals surface area contributed by atoms with E-state index in [2.05, 4.69) is 15.0 Å². The second-order valence-electron chi connectivity index (χ2n) is 4.54. The van der Waals surface area contributed by atoms with Gasteiger partial charge in [-0.3, -0.25) is 9.59 Å². The highest BCUT2D eigenvalue weighted by molar-refractivity contribution is 5.91. The number of ether oxygens (including phenoxy) is 2. The third-order valence-corrected chi connectivity index (χ3v) is 2.75. The van der Waals surface area contributed by atoms with Crippen LogP contribution in [0.15, 0.2) is 36.5 Å². The molecule has 0 amide bonds. The Hall–Kier alpha value is -2.70. The van der Waals surface area contributed by atoms with Crippen molar-refractivity contribution in [1.82, 2.24) is 15.0 Å². The molecule has 2 aromatic rings. The van der Waals surface area contributed by atoms with Crippen molar-refractivity contribution in [2.75, 3.05) is 6.61 Å². The minimum absolute atomic E-state index is 0.0208. The van der Waals surface area contributed by atoms with E-state index in [4.69, 9.17) is 4.74 Å². The summed E-state index contributed by atoms with van der Waals surface area (Å²) in [6.45, 7) is 2.48. The van der Waals surface area contributed by atoms with E-state index in [1.807, 2.05) is 30.3 Å². The van der Waals surface area contributed by atoms with Gasteiger partial charge in [-0.1, -0.05) is 35.5 Å². The highest BCUT2D eigenvalue weighted by Crippen LogP contribution is 2.03. The lowest BCUT2D eigenvalue weighted by atomic mass is 10.2. The number of nitrogens with zero attached hydrogens (tertiary/aromatic N) is 3. The van der Waals surface area contributed by atoms with Gasteiger partial charge in [0, 0.05) is 0 Å². The number of carbonyl (C=O) groups is 2. The second kappa shape index (κ2) is 7.92. The van der Waals surface area contributed by atoms with E-state index in [-0.39, 0.29) is 13.2 Å². The standard InChI is InChI=1S/C15H17N3O4/c1-2-21-14(19)8-15(20)22-11-13-10-18(17-16-13)9-12-6-4-3-5-7-12/h3-7,10H,2,8-9,11H2,1H3. The van der Waals surface area contributed by atoms with Crippen LogP contribution in [0.2, 0.25) is 0 Å². The van der Waals surface area contributed by atoms with Crippen LogP contribution in [0.3, 0.4) is 0 Å². The first-order chi connectivity index (χ1) is 10.7. The minimum Gasteiger partial charge on any atom is -0.466 e. The molecule has 0 saturated heterocycles. The van der Waals surface area contributed by atoms with Gasteiger partial charge in [-0.2, -0.15) is 0 Å². The van der Waals surface area contributed by atoms with Crippen molar-refractivity contribution in [2.24, 2.45) is 0 Å². The molecule has 0 atom stereocenters. The molecule has 0 spiro atoms. The lowest BCUT2D eigenvalue weighted by molar-refractivity contribution is -0.155. The number of aromatic nitrogens is 3. The van der Waals surface area contributed by atoms with E-state index < -0.39 is 18.4 Å². The van der Waals surface area contributed by atoms with Crippen LogP contribution in [0, 0.1) is 0 Å². The number of hydrogen-bond donors (Lipinski definition) is 0. The molecule has 2 rings (SSSR count). The fourth-order valence-corrected chi connectivity index (χ4v) is 1.79. The maximum Gasteiger partial charge on any atom is 0.317 e. The fraction of sp³-hybridized carbons (Fsp3) is 0.333. The number of carbonyl (C=O) groups excluding carboxylic acids is 2. The van der Waals surface area contributed by atoms with Crippen molar-refractivity contribution in [3.63, 3.8) is 0 Å². The van der Waals surface area contributed by atoms with Gasteiger partial charge in [0.15, 0.2) is 0 Å². The third-order valence-electron chi connectivity index (χ3n) is 2.75. The third kappa shape index (κ3) is 5.01. The molecule has 0 radical (unpaired) electrons. The quantitative estimate of drug-likeness (QED) is 0.566. The van der Waals surface area contributed by atoms with Gasteiger partial charge >= 0.3 is 11.9 Å². The van der Waals surface area contributed by atoms with E-state index in [0.717, 1.165) is 5.56 Å². The Morgan fingerprint density at radius 2 is 1.86 bits per heavy atom. The van der Waals surface area contributed by atoms with Gasteiger partial charge in [-0.25, -0.2) is 4.68 Å². The second-order valence-corrected chi connectivity index (χ2v) is 4.54. The van der Waals surface area contributed by atoms with Crippen LogP contribution in [0.1, 0.15) is 24.6 Å². The number of benzene rings is 1. The summed E-state index contributed by atoms with van der Waals surface area (Å²) < 4.78 is 11.3. The predicted octanol–water partition coefficient (Wildman–Crippen LogP) is 1.32. The van der Waals surface area contributed by atoms with Crippen LogP contribution in [-0.2, 0) is 32.2 Å². The van der Waals surface area contributed by atoms with Crippen molar-refractivity contribution >= 4 is 11.9 Å². The highest BCUT2D eigenvalue weighted by Gasteiger charge is 2.12. The van der Waals surface area contributed by atoms with Crippen LogP contribution in [0.5, 0.6) is 0 Å². The first kappa shape index (κ1) is 15.7. The van der Waals surface area contributed by atoms with E-state index >= 15 is 0 Å². The molecule has 0 aliphatic rings. The lowest BCUT2D eigenvalue weighted by Gasteiger charge is -2.02. The molecule has 0 unspecified atom stereocenters. The fourth-order valence-electron chi connectivity index (χ4n) is 1.79. The molecule has 0 fully saturated rings. The first-order valence-corrected chi connectivity index (χ1v) is 6.91. The van der Waals surface area contributed by atoms with Crippen LogP contribution < -0.4 is 0 Å². The minimum atomic E-state index is -0.643. The summed E-state index contributed by atoms with van der Waals surface area (Å²) in [7, 11) is 0. The molecule has 0 bridgehead atoms. The average Bonchev–Trinajstić information content (AvgIpc) is 2.94. The number of esters is 2. The van der Waals surface area contributed by atoms with Gasteiger partial charge in [0.25, 0.3) is 0 Å². The largest absolute Gasteiger partial charge is 0.466 e. The summed E-state index contributed by atoms with van der Waals surface area (Å²) in [5, 5.41) is 7.88. The zero-order valence-corrected chi connectivity index (χ0v) is 12.3. The molecule has 1 aromatic carbocycles. The first-order valence-electron chi connectivity index (χ1n) is 6.91. The van der Waals surface area contributed by atoms with Crippen LogP contribution in [-0.4, -0.2) is 33.5 Å². The summed E-state index contributed by atoms with van der Waals surface area (Å²) in [5.41, 5.74) is 1.62. The van der Waals surface area contributed by atoms with Crippen LogP contribution in [0.25, 0.3) is 0 Å². The molecular weight excluding hydrogens is 286 g/mol. The molecule has 0 aliphatic carbocycles. The van der Waals surface area contributed by atoms with Gasteiger partial charge < -0.3 is 9.47 Å². The van der Waals surface area contributed by atoms with E-state index in [1.54, 1.807) is 17.8 Å². The predicted molar refractivity (Wildman–Crippen MR) is 76.6 cm³/mol. The number of hydrogen-bond acceptors (Lipinski definition) is 6. The Kier molecular flexibility index (Phi) is 5.65. The highest BCUT2D eigenvalue weighted by atomic mass is 16.6. The summed E-state index contributed by atoms with van der Waals surface area (Å²) in [5.74, 6) is -1.24. The van der Waals surface area contributed by atoms with Crippen molar-refractivity contribution in [1.29, 1.82) is 0 Å². The topological polar surface area (TPSA) is 83.3 Å². The molecule has 1 aromatic heterocycles. The Morgan fingerprint density at radius 3 is 2.59 bits per heavy atom. The van der Waals surface area contributed by atoms with Crippen molar-refractivity contribution in [3.8, 4) is 0 Å². The maximum absolute atomic E-state index is 11.4. The summed E-state index contributed by atoms with van der Waals surface area (Å²) >= 11 is 0. The van der Waals surface area contributed by atoms with E-state index in [0.29, 0.717) is 12.2 Å². The molecule has 22 heavy (non-hydrogen) atoms. The molecule has 116 valence electrons. The zero-order valence-electron chi connectivity index (χ0n) is 12.3. The van der Waals surface area contributed by atoms with Gasteiger partial charge in [-0.15, -0.1) is 5.10 Å². The molecule has 7 nitrogen and oxygen atoms in total. The Balaban J connectivity index is 1.80. The van der Waals surface area contributed by atoms with Crippen molar-refractivity contribution in [2.45, 2.75) is 26.5 Å². The van der Waals surface area contributed by atoms with E-state index in [9.17, 15) is 9.59 Å². The van der Waals surface area contributed by atoms with Gasteiger partial charge in [-0.05, 0) is 12.5 Å². The molecule has 0 aliphatic heterocycles. The average molecular weight is 303 g/mol. The van der Waals surface area contributed by atoms with Gasteiger partial charge in [0.1, 0.15) is 18.7 Å². The Labute approximate surface area is 127 Å². The Morgan fingerprint density at radius 1 is 1.14 bits per heavy atom. The summed E-state index contributed by atoms with van der Waals surface area (Å²) in [6, 6.07) is 9.81. The van der Waals surface area contributed by atoms with E-state index in [1.165, 1.54) is 0 Å². The van der Waals surface area contributed by atoms with Crippen molar-refractivity contribution < 1.29 is 19.1 Å². The zero-order chi connectivity index (χ0) is 15.8. The summed E-state index contributed by atoms with van der Waals surface area (Å²) in [4.78, 5) is 22.5. The molecule has 0 saturated carbocycles.